The lowest BCUT2D eigenvalue weighted by molar-refractivity contribution is -0.182. The first kappa shape index (κ1) is 15.8. The fraction of sp³-hybridized carbons (Fsp3) is 0.0667. The Bertz CT molecular complexity index is 656. The number of anilines is 1. The number of urea groups is 1. The third-order valence-corrected chi connectivity index (χ3v) is 3.08. The van der Waals surface area contributed by atoms with Crippen molar-refractivity contribution in [1.82, 2.24) is 5.32 Å². The minimum Gasteiger partial charge on any atom is -0.334 e. The van der Waals surface area contributed by atoms with E-state index in [1.807, 2.05) is 12.1 Å². The summed E-state index contributed by atoms with van der Waals surface area (Å²) in [5, 5.41) is 14.2. The van der Waals surface area contributed by atoms with E-state index in [-0.39, 0.29) is 11.6 Å². The molecular formula is C15H13ClN2O4. The van der Waals surface area contributed by atoms with Gasteiger partial charge >= 0.3 is 12.0 Å². The molecule has 0 saturated heterocycles. The Balaban J connectivity index is 1.86. The summed E-state index contributed by atoms with van der Waals surface area (Å²) in [4.78, 5) is 26.4. The maximum atomic E-state index is 11.7. The topological polar surface area (TPSA) is 87.7 Å². The van der Waals surface area contributed by atoms with Crippen LogP contribution >= 0.6 is 11.6 Å². The van der Waals surface area contributed by atoms with Crippen LogP contribution in [0, 0.1) is 0 Å². The molecule has 0 aliphatic rings. The third kappa shape index (κ3) is 4.47. The summed E-state index contributed by atoms with van der Waals surface area (Å²) in [5.74, 6) is -0.862. The summed E-state index contributed by atoms with van der Waals surface area (Å²) in [6, 6.07) is 12.6. The van der Waals surface area contributed by atoms with Crippen LogP contribution in [0.15, 0.2) is 48.5 Å². The second-order valence-corrected chi connectivity index (χ2v) is 4.83. The summed E-state index contributed by atoms with van der Waals surface area (Å²) in [6.07, 6.45) is 0. The molecule has 0 heterocycles. The third-order valence-electron chi connectivity index (χ3n) is 2.83. The molecule has 2 amide bonds. The number of amides is 2. The Hall–Kier alpha value is -2.57. The van der Waals surface area contributed by atoms with E-state index in [4.69, 9.17) is 16.9 Å². The van der Waals surface area contributed by atoms with Gasteiger partial charge in [0.1, 0.15) is 0 Å². The largest absolute Gasteiger partial charge is 0.372 e. The van der Waals surface area contributed by atoms with Gasteiger partial charge in [-0.1, -0.05) is 23.7 Å². The number of halogens is 1. The highest BCUT2D eigenvalue weighted by Gasteiger charge is 2.07. The van der Waals surface area contributed by atoms with Crippen LogP contribution in [0.2, 0.25) is 5.02 Å². The summed E-state index contributed by atoms with van der Waals surface area (Å²) >= 11 is 5.78. The molecule has 2 rings (SSSR count). The standard InChI is InChI=1S/C15H13ClN2O4/c16-12-5-1-10(2-6-12)9-17-15(20)18-13-7-3-11(4-8-13)14(19)22-21/h1-8,21H,9H2,(H2,17,18,20). The predicted octanol–water partition coefficient (Wildman–Crippen LogP) is 3.29. The van der Waals surface area contributed by atoms with Crippen LogP contribution < -0.4 is 10.6 Å². The van der Waals surface area contributed by atoms with Crippen molar-refractivity contribution >= 4 is 29.3 Å². The fourth-order valence-electron chi connectivity index (χ4n) is 1.70. The number of benzene rings is 2. The van der Waals surface area contributed by atoms with Crippen molar-refractivity contribution in [3.05, 3.63) is 64.7 Å². The van der Waals surface area contributed by atoms with Crippen molar-refractivity contribution in [2.45, 2.75) is 6.54 Å². The van der Waals surface area contributed by atoms with Crippen LogP contribution in [0.25, 0.3) is 0 Å². The Morgan fingerprint density at radius 3 is 2.27 bits per heavy atom. The van der Waals surface area contributed by atoms with E-state index in [1.54, 1.807) is 12.1 Å². The van der Waals surface area contributed by atoms with Crippen LogP contribution in [-0.4, -0.2) is 17.3 Å². The van der Waals surface area contributed by atoms with Crippen molar-refractivity contribution in [2.75, 3.05) is 5.32 Å². The minimum atomic E-state index is -0.862. The van der Waals surface area contributed by atoms with Crippen LogP contribution in [0.5, 0.6) is 0 Å². The zero-order valence-electron chi connectivity index (χ0n) is 11.4. The molecule has 114 valence electrons. The molecule has 3 N–H and O–H groups in total. The van der Waals surface area contributed by atoms with E-state index < -0.39 is 5.97 Å². The van der Waals surface area contributed by atoms with E-state index in [0.29, 0.717) is 17.3 Å². The molecule has 7 heteroatoms. The number of nitrogens with one attached hydrogen (secondary N) is 2. The quantitative estimate of drug-likeness (QED) is 0.596. The maximum Gasteiger partial charge on any atom is 0.372 e. The van der Waals surface area contributed by atoms with Gasteiger partial charge in [-0.2, -0.15) is 5.26 Å². The van der Waals surface area contributed by atoms with E-state index in [1.165, 1.54) is 24.3 Å². The van der Waals surface area contributed by atoms with Gasteiger partial charge in [0, 0.05) is 17.3 Å². The normalized spacial score (nSPS) is 9.91. The van der Waals surface area contributed by atoms with Crippen LogP contribution in [-0.2, 0) is 11.4 Å². The van der Waals surface area contributed by atoms with Crippen molar-refractivity contribution in [2.24, 2.45) is 0 Å². The second kappa shape index (κ2) is 7.44. The van der Waals surface area contributed by atoms with Crippen LogP contribution in [0.1, 0.15) is 15.9 Å². The Kier molecular flexibility index (Phi) is 5.35. The Morgan fingerprint density at radius 2 is 1.68 bits per heavy atom. The molecular weight excluding hydrogens is 308 g/mol. The van der Waals surface area contributed by atoms with Gasteiger partial charge in [0.15, 0.2) is 0 Å². The minimum absolute atomic E-state index is 0.176. The lowest BCUT2D eigenvalue weighted by atomic mass is 10.2. The van der Waals surface area contributed by atoms with Crippen LogP contribution in [0.4, 0.5) is 10.5 Å². The molecule has 0 fully saturated rings. The molecule has 6 nitrogen and oxygen atoms in total. The van der Waals surface area contributed by atoms with Crippen molar-refractivity contribution in [3.8, 4) is 0 Å². The highest BCUT2D eigenvalue weighted by atomic mass is 35.5. The molecule has 0 spiro atoms. The van der Waals surface area contributed by atoms with E-state index in [0.717, 1.165) is 5.56 Å². The van der Waals surface area contributed by atoms with Gasteiger partial charge in [0.05, 0.1) is 5.56 Å². The average Bonchev–Trinajstić information content (AvgIpc) is 2.54. The highest BCUT2D eigenvalue weighted by Crippen LogP contribution is 2.11. The SMILES string of the molecule is O=C(NCc1ccc(Cl)cc1)Nc1ccc(C(=O)OO)cc1. The van der Waals surface area contributed by atoms with Crippen molar-refractivity contribution < 1.29 is 19.7 Å². The molecule has 22 heavy (non-hydrogen) atoms. The van der Waals surface area contributed by atoms with Gasteiger partial charge in [-0.25, -0.2) is 9.59 Å². The zero-order valence-corrected chi connectivity index (χ0v) is 12.1. The van der Waals surface area contributed by atoms with Crippen molar-refractivity contribution in [1.29, 1.82) is 0 Å². The molecule has 0 aliphatic carbocycles. The summed E-state index contributed by atoms with van der Waals surface area (Å²) in [7, 11) is 0. The van der Waals surface area contributed by atoms with E-state index in [9.17, 15) is 9.59 Å². The number of carbonyl (C=O) groups is 2. The average molecular weight is 321 g/mol. The fourth-order valence-corrected chi connectivity index (χ4v) is 1.83. The monoisotopic (exact) mass is 320 g/mol. The molecule has 0 aliphatic heterocycles. The maximum absolute atomic E-state index is 11.7. The smallest absolute Gasteiger partial charge is 0.334 e. The first-order valence-electron chi connectivity index (χ1n) is 6.33. The lowest BCUT2D eigenvalue weighted by Gasteiger charge is -2.08. The molecule has 0 bridgehead atoms. The van der Waals surface area contributed by atoms with Gasteiger partial charge in [-0.3, -0.25) is 4.89 Å². The molecule has 2 aromatic rings. The molecule has 0 saturated carbocycles. The number of carbonyl (C=O) groups excluding carboxylic acids is 2. The summed E-state index contributed by atoms with van der Waals surface area (Å²) < 4.78 is 0. The Labute approximate surface area is 131 Å². The molecule has 2 aromatic carbocycles. The van der Waals surface area contributed by atoms with Gasteiger partial charge in [-0.15, -0.1) is 0 Å². The van der Waals surface area contributed by atoms with E-state index in [2.05, 4.69) is 15.5 Å². The van der Waals surface area contributed by atoms with Crippen LogP contribution in [0.3, 0.4) is 0 Å². The summed E-state index contributed by atoms with van der Waals surface area (Å²) in [5.41, 5.74) is 1.60. The lowest BCUT2D eigenvalue weighted by Crippen LogP contribution is -2.28. The number of hydrogen-bond acceptors (Lipinski definition) is 4. The zero-order chi connectivity index (χ0) is 15.9. The molecule has 0 atom stereocenters. The number of rotatable bonds is 4. The first-order chi connectivity index (χ1) is 10.6. The summed E-state index contributed by atoms with van der Waals surface area (Å²) in [6.45, 7) is 0.359. The molecule has 0 aromatic heterocycles. The Morgan fingerprint density at radius 1 is 1.05 bits per heavy atom. The van der Waals surface area contributed by atoms with Gasteiger partial charge in [0.25, 0.3) is 0 Å². The van der Waals surface area contributed by atoms with Gasteiger partial charge in [-0.05, 0) is 42.0 Å². The molecule has 0 unspecified atom stereocenters. The highest BCUT2D eigenvalue weighted by molar-refractivity contribution is 6.30. The van der Waals surface area contributed by atoms with Gasteiger partial charge in [0.2, 0.25) is 0 Å². The first-order valence-corrected chi connectivity index (χ1v) is 6.71. The second-order valence-electron chi connectivity index (χ2n) is 4.39. The van der Waals surface area contributed by atoms with Crippen molar-refractivity contribution in [3.63, 3.8) is 0 Å². The molecule has 0 radical (unpaired) electrons. The van der Waals surface area contributed by atoms with Gasteiger partial charge < -0.3 is 10.6 Å². The number of hydrogen-bond donors (Lipinski definition) is 3. The predicted molar refractivity (Wildman–Crippen MR) is 81.8 cm³/mol. The van der Waals surface area contributed by atoms with E-state index >= 15 is 0 Å².